The van der Waals surface area contributed by atoms with Gasteiger partial charge in [0.1, 0.15) is 0 Å². The molecule has 0 saturated carbocycles. The number of anilines is 1. The fourth-order valence-electron chi connectivity index (χ4n) is 2.72. The smallest absolute Gasteiger partial charge is 0.273 e. The molecule has 1 heterocycles. The lowest BCUT2D eigenvalue weighted by Gasteiger charge is -2.20. The van der Waals surface area contributed by atoms with Gasteiger partial charge in [-0.2, -0.15) is 5.10 Å². The highest BCUT2D eigenvalue weighted by Crippen LogP contribution is 2.18. The first-order chi connectivity index (χ1) is 11.6. The molecule has 0 saturated heterocycles. The predicted molar refractivity (Wildman–Crippen MR) is 95.3 cm³/mol. The van der Waals surface area contributed by atoms with Gasteiger partial charge >= 0.3 is 0 Å². The summed E-state index contributed by atoms with van der Waals surface area (Å²) in [5, 5.41) is 6.23. The molecule has 0 aliphatic heterocycles. The molecule has 0 radical (unpaired) electrons. The Balaban J connectivity index is 1.87. The first-order valence-electron chi connectivity index (χ1n) is 7.79. The second-order valence-electron chi connectivity index (χ2n) is 5.63. The molecule has 1 aromatic heterocycles. The fourth-order valence-corrected chi connectivity index (χ4v) is 2.72. The largest absolute Gasteiger partial charge is 0.288 e. The number of nitrogens with one attached hydrogen (secondary N) is 1. The van der Waals surface area contributed by atoms with Crippen LogP contribution in [0.1, 0.15) is 21.7 Å². The maximum Gasteiger partial charge on any atom is 0.273 e. The summed E-state index contributed by atoms with van der Waals surface area (Å²) in [6.45, 7) is 3.76. The lowest BCUT2D eigenvalue weighted by molar-refractivity contribution is 0.0950. The van der Waals surface area contributed by atoms with E-state index in [1.54, 1.807) is 9.69 Å². The van der Waals surface area contributed by atoms with Crippen LogP contribution in [-0.2, 0) is 0 Å². The molecule has 0 aliphatic rings. The highest BCUT2D eigenvalue weighted by atomic mass is 16.2. The number of aromatic nitrogens is 2. The van der Waals surface area contributed by atoms with Gasteiger partial charge in [0, 0.05) is 7.05 Å². The molecule has 1 N–H and O–H groups in total. The third-order valence-electron chi connectivity index (χ3n) is 3.93. The van der Waals surface area contributed by atoms with Crippen LogP contribution in [-0.4, -0.2) is 22.7 Å². The highest BCUT2D eigenvalue weighted by molar-refractivity contribution is 5.97. The second kappa shape index (κ2) is 6.58. The van der Waals surface area contributed by atoms with Crippen molar-refractivity contribution >= 4 is 11.6 Å². The van der Waals surface area contributed by atoms with Gasteiger partial charge < -0.3 is 0 Å². The Kier molecular flexibility index (Phi) is 4.33. The minimum absolute atomic E-state index is 0.168. The molecule has 1 amide bonds. The van der Waals surface area contributed by atoms with Crippen molar-refractivity contribution in [3.8, 4) is 5.69 Å². The van der Waals surface area contributed by atoms with E-state index in [9.17, 15) is 4.79 Å². The van der Waals surface area contributed by atoms with Crippen molar-refractivity contribution in [3.63, 3.8) is 0 Å². The molecule has 2 aromatic carbocycles. The minimum Gasteiger partial charge on any atom is -0.288 e. The maximum absolute atomic E-state index is 12.7. The molecule has 0 unspecified atom stereocenters. The molecular weight excluding hydrogens is 300 g/mol. The number of amides is 1. The van der Waals surface area contributed by atoms with E-state index in [-0.39, 0.29) is 5.91 Å². The van der Waals surface area contributed by atoms with Gasteiger partial charge in [0.15, 0.2) is 0 Å². The molecule has 3 rings (SSSR count). The van der Waals surface area contributed by atoms with E-state index in [1.165, 1.54) is 0 Å². The molecule has 0 fully saturated rings. The average molecular weight is 320 g/mol. The van der Waals surface area contributed by atoms with E-state index >= 15 is 0 Å². The van der Waals surface area contributed by atoms with Gasteiger partial charge in [0.2, 0.25) is 0 Å². The van der Waals surface area contributed by atoms with Crippen molar-refractivity contribution in [2.45, 2.75) is 13.8 Å². The van der Waals surface area contributed by atoms with Gasteiger partial charge in [-0.1, -0.05) is 36.4 Å². The lowest BCUT2D eigenvalue weighted by atomic mass is 10.2. The van der Waals surface area contributed by atoms with E-state index in [4.69, 9.17) is 0 Å². The van der Waals surface area contributed by atoms with Crippen molar-refractivity contribution < 1.29 is 4.79 Å². The highest BCUT2D eigenvalue weighted by Gasteiger charge is 2.20. The van der Waals surface area contributed by atoms with Crippen molar-refractivity contribution in [1.29, 1.82) is 0 Å². The first kappa shape index (κ1) is 15.8. The van der Waals surface area contributed by atoms with Crippen molar-refractivity contribution in [1.82, 2.24) is 15.2 Å². The van der Waals surface area contributed by atoms with Crippen LogP contribution < -0.4 is 10.4 Å². The normalized spacial score (nSPS) is 10.5. The number of rotatable bonds is 4. The Morgan fingerprint density at radius 3 is 2.21 bits per heavy atom. The Labute approximate surface area is 141 Å². The molecular formula is C19H20N4O. The van der Waals surface area contributed by atoms with Crippen LogP contribution >= 0.6 is 0 Å². The summed E-state index contributed by atoms with van der Waals surface area (Å²) in [6, 6.07) is 19.5. The van der Waals surface area contributed by atoms with E-state index in [1.807, 2.05) is 81.6 Å². The Bertz CT molecular complexity index is 841. The predicted octanol–water partition coefficient (Wildman–Crippen LogP) is 3.27. The zero-order chi connectivity index (χ0) is 17.1. The summed E-state index contributed by atoms with van der Waals surface area (Å²) in [4.78, 5) is 12.7. The number of para-hydroxylation sites is 2. The summed E-state index contributed by atoms with van der Waals surface area (Å²) in [5.74, 6) is -0.168. The number of hydrogen-bond donors (Lipinski definition) is 1. The third kappa shape index (κ3) is 3.01. The maximum atomic E-state index is 12.7. The summed E-state index contributed by atoms with van der Waals surface area (Å²) < 4.78 is 1.80. The van der Waals surface area contributed by atoms with E-state index in [0.717, 1.165) is 17.1 Å². The second-order valence-corrected chi connectivity index (χ2v) is 5.63. The van der Waals surface area contributed by atoms with Crippen LogP contribution in [0.5, 0.6) is 0 Å². The molecule has 24 heavy (non-hydrogen) atoms. The van der Waals surface area contributed by atoms with Crippen molar-refractivity contribution in [2.75, 3.05) is 12.1 Å². The van der Waals surface area contributed by atoms with Crippen LogP contribution in [0, 0.1) is 13.8 Å². The summed E-state index contributed by atoms with van der Waals surface area (Å²) in [6.07, 6.45) is 0. The van der Waals surface area contributed by atoms with Crippen LogP contribution in [0.4, 0.5) is 5.69 Å². The van der Waals surface area contributed by atoms with E-state index in [0.29, 0.717) is 11.3 Å². The van der Waals surface area contributed by atoms with Gasteiger partial charge in [0.05, 0.1) is 28.3 Å². The monoisotopic (exact) mass is 320 g/mol. The van der Waals surface area contributed by atoms with Gasteiger partial charge in [-0.05, 0) is 38.1 Å². The fraction of sp³-hybridized carbons (Fsp3) is 0.158. The third-order valence-corrected chi connectivity index (χ3v) is 3.93. The molecule has 122 valence electrons. The molecule has 0 aliphatic carbocycles. The van der Waals surface area contributed by atoms with Gasteiger partial charge in [0.25, 0.3) is 5.91 Å². The zero-order valence-corrected chi connectivity index (χ0v) is 14.0. The average Bonchev–Trinajstić information content (AvgIpc) is 2.91. The number of aryl methyl sites for hydroxylation is 1. The van der Waals surface area contributed by atoms with Gasteiger partial charge in [-0.3, -0.25) is 15.2 Å². The van der Waals surface area contributed by atoms with E-state index in [2.05, 4.69) is 10.5 Å². The van der Waals surface area contributed by atoms with Crippen LogP contribution in [0.2, 0.25) is 0 Å². The number of hydrazine groups is 1. The van der Waals surface area contributed by atoms with Crippen molar-refractivity contribution in [3.05, 3.63) is 77.6 Å². The zero-order valence-electron chi connectivity index (χ0n) is 14.0. The molecule has 0 spiro atoms. The molecule has 0 bridgehead atoms. The van der Waals surface area contributed by atoms with Gasteiger partial charge in [-0.15, -0.1) is 0 Å². The minimum atomic E-state index is -0.168. The summed E-state index contributed by atoms with van der Waals surface area (Å²) >= 11 is 0. The topological polar surface area (TPSA) is 50.2 Å². The van der Waals surface area contributed by atoms with E-state index < -0.39 is 0 Å². The number of hydrogen-bond acceptors (Lipinski definition) is 3. The van der Waals surface area contributed by atoms with Crippen molar-refractivity contribution in [2.24, 2.45) is 0 Å². The standard InChI is InChI=1S/C19H20N4O/c1-14-18(15(2)23(20-14)17-12-8-5-9-13-17)19(24)21-22(3)16-10-6-4-7-11-16/h4-13H,1-3H3,(H,21,24). The van der Waals surface area contributed by atoms with Crippen LogP contribution in [0.3, 0.4) is 0 Å². The number of carbonyl (C=O) groups excluding carboxylic acids is 1. The number of carbonyl (C=O) groups is 1. The molecule has 0 atom stereocenters. The van der Waals surface area contributed by atoms with Crippen LogP contribution in [0.15, 0.2) is 60.7 Å². The SMILES string of the molecule is Cc1nn(-c2ccccc2)c(C)c1C(=O)NN(C)c1ccccc1. The molecule has 5 nitrogen and oxygen atoms in total. The molecule has 3 aromatic rings. The Hall–Kier alpha value is -3.08. The van der Waals surface area contributed by atoms with Gasteiger partial charge in [-0.25, -0.2) is 4.68 Å². The number of benzene rings is 2. The van der Waals surface area contributed by atoms with Crippen LogP contribution in [0.25, 0.3) is 5.69 Å². The number of nitrogens with zero attached hydrogens (tertiary/aromatic N) is 3. The Morgan fingerprint density at radius 1 is 1.00 bits per heavy atom. The first-order valence-corrected chi connectivity index (χ1v) is 7.79. The summed E-state index contributed by atoms with van der Waals surface area (Å²) in [7, 11) is 1.82. The summed E-state index contributed by atoms with van der Waals surface area (Å²) in [5.41, 5.74) is 6.87. The Morgan fingerprint density at radius 2 is 1.58 bits per heavy atom. The molecule has 5 heteroatoms. The lowest BCUT2D eigenvalue weighted by Crippen LogP contribution is -2.39. The quantitative estimate of drug-likeness (QED) is 0.751.